The van der Waals surface area contributed by atoms with E-state index in [0.29, 0.717) is 11.2 Å². The maximum Gasteiger partial charge on any atom is 0.156 e. The molecule has 0 fully saturated rings. The predicted molar refractivity (Wildman–Crippen MR) is 67.6 cm³/mol. The van der Waals surface area contributed by atoms with Gasteiger partial charge in [-0.2, -0.15) is 0 Å². The second kappa shape index (κ2) is 7.12. The largest absolute Gasteiger partial charge is 0.384 e. The summed E-state index contributed by atoms with van der Waals surface area (Å²) in [5.74, 6) is 0.545. The molecule has 2 atom stereocenters. The quantitative estimate of drug-likeness (QED) is 0.759. The van der Waals surface area contributed by atoms with E-state index < -0.39 is 0 Å². The van der Waals surface area contributed by atoms with Crippen LogP contribution in [0.15, 0.2) is 4.99 Å². The van der Waals surface area contributed by atoms with Gasteiger partial charge in [0, 0.05) is 18.9 Å². The maximum absolute atomic E-state index is 5.09. The Balaban J connectivity index is 2.13. The number of nitrogens with zero attached hydrogens (tertiary/aromatic N) is 1. The van der Waals surface area contributed by atoms with E-state index in [1.165, 1.54) is 12.8 Å². The van der Waals surface area contributed by atoms with Gasteiger partial charge in [0.15, 0.2) is 5.17 Å². The Labute approximate surface area is 97.1 Å². The van der Waals surface area contributed by atoms with E-state index in [-0.39, 0.29) is 0 Å². The summed E-state index contributed by atoms with van der Waals surface area (Å²) in [7, 11) is 1.75. The lowest BCUT2D eigenvalue weighted by Crippen LogP contribution is -2.27. The van der Waals surface area contributed by atoms with E-state index in [0.717, 1.165) is 24.9 Å². The highest BCUT2D eigenvalue weighted by Crippen LogP contribution is 2.23. The third kappa shape index (κ3) is 4.89. The molecular weight excluding hydrogens is 208 g/mol. The van der Waals surface area contributed by atoms with Gasteiger partial charge in [-0.05, 0) is 12.3 Å². The van der Waals surface area contributed by atoms with Gasteiger partial charge in [0.05, 0.1) is 13.2 Å². The molecule has 0 radical (unpaired) electrons. The summed E-state index contributed by atoms with van der Waals surface area (Å²) >= 11 is 1.89. The van der Waals surface area contributed by atoms with E-state index in [2.05, 4.69) is 24.2 Å². The molecule has 1 N–H and O–H groups in total. The number of ether oxygens (including phenoxy) is 1. The third-order valence-electron chi connectivity index (χ3n) is 2.38. The monoisotopic (exact) mass is 230 g/mol. The minimum Gasteiger partial charge on any atom is -0.384 e. The molecule has 2 unspecified atom stereocenters. The second-order valence-corrected chi connectivity index (χ2v) is 5.40. The van der Waals surface area contributed by atoms with E-state index in [4.69, 9.17) is 4.74 Å². The fraction of sp³-hybridized carbons (Fsp3) is 0.909. The molecule has 1 aliphatic rings. The van der Waals surface area contributed by atoms with Crippen molar-refractivity contribution >= 4 is 16.9 Å². The first-order valence-electron chi connectivity index (χ1n) is 5.70. The molecule has 0 saturated heterocycles. The lowest BCUT2D eigenvalue weighted by Gasteiger charge is -2.12. The summed E-state index contributed by atoms with van der Waals surface area (Å²) in [6, 6.07) is 0. The highest BCUT2D eigenvalue weighted by atomic mass is 32.2. The van der Waals surface area contributed by atoms with Crippen LogP contribution in [0, 0.1) is 5.92 Å². The molecule has 0 bridgehead atoms. The molecule has 0 aromatic heterocycles. The van der Waals surface area contributed by atoms with Crippen LogP contribution in [0.2, 0.25) is 0 Å². The number of amidine groups is 1. The van der Waals surface area contributed by atoms with E-state index in [1.54, 1.807) is 7.11 Å². The Bertz CT molecular complexity index is 209. The zero-order valence-electron chi connectivity index (χ0n) is 9.95. The van der Waals surface area contributed by atoms with Crippen molar-refractivity contribution in [2.75, 3.05) is 26.8 Å². The molecule has 0 amide bonds. The van der Waals surface area contributed by atoms with Crippen molar-refractivity contribution < 1.29 is 4.74 Å². The van der Waals surface area contributed by atoms with Crippen LogP contribution in [-0.2, 0) is 4.74 Å². The standard InChI is InChI=1S/C11H22N2OS/c1-4-5-10-7-13-11(15-10)12-6-9(2)8-14-3/h9-10H,4-8H2,1-3H3,(H,12,13). The van der Waals surface area contributed by atoms with Crippen molar-refractivity contribution in [1.29, 1.82) is 0 Å². The number of nitrogens with one attached hydrogen (secondary N) is 1. The Hall–Kier alpha value is -0.220. The molecule has 0 saturated carbocycles. The van der Waals surface area contributed by atoms with Gasteiger partial charge in [0.25, 0.3) is 0 Å². The van der Waals surface area contributed by atoms with Gasteiger partial charge < -0.3 is 10.1 Å². The van der Waals surface area contributed by atoms with Crippen molar-refractivity contribution in [3.8, 4) is 0 Å². The number of rotatable bonds is 6. The average Bonchev–Trinajstić information content (AvgIpc) is 2.64. The molecule has 0 aromatic rings. The summed E-state index contributed by atoms with van der Waals surface area (Å²) in [6.45, 7) is 7.16. The minimum absolute atomic E-state index is 0.545. The summed E-state index contributed by atoms with van der Waals surface area (Å²) in [5.41, 5.74) is 0. The van der Waals surface area contributed by atoms with Crippen molar-refractivity contribution in [2.45, 2.75) is 31.9 Å². The van der Waals surface area contributed by atoms with Crippen LogP contribution in [0.3, 0.4) is 0 Å². The molecule has 15 heavy (non-hydrogen) atoms. The van der Waals surface area contributed by atoms with Gasteiger partial charge in [-0.3, -0.25) is 4.99 Å². The summed E-state index contributed by atoms with van der Waals surface area (Å²) in [4.78, 5) is 4.50. The summed E-state index contributed by atoms with van der Waals surface area (Å²) in [6.07, 6.45) is 2.52. The van der Waals surface area contributed by atoms with Crippen molar-refractivity contribution in [1.82, 2.24) is 5.32 Å². The van der Waals surface area contributed by atoms with Crippen LogP contribution in [0.1, 0.15) is 26.7 Å². The highest BCUT2D eigenvalue weighted by molar-refractivity contribution is 8.14. The Kier molecular flexibility index (Phi) is 6.10. The molecule has 1 heterocycles. The molecule has 1 rings (SSSR count). The van der Waals surface area contributed by atoms with Gasteiger partial charge >= 0.3 is 0 Å². The lowest BCUT2D eigenvalue weighted by molar-refractivity contribution is 0.161. The van der Waals surface area contributed by atoms with Crippen LogP contribution in [0.5, 0.6) is 0 Å². The molecule has 4 heteroatoms. The van der Waals surface area contributed by atoms with Crippen LogP contribution >= 0.6 is 11.8 Å². The first-order valence-corrected chi connectivity index (χ1v) is 6.58. The topological polar surface area (TPSA) is 33.6 Å². The summed E-state index contributed by atoms with van der Waals surface area (Å²) < 4.78 is 5.09. The fourth-order valence-electron chi connectivity index (χ4n) is 1.59. The average molecular weight is 230 g/mol. The smallest absolute Gasteiger partial charge is 0.156 e. The van der Waals surface area contributed by atoms with E-state index in [1.807, 2.05) is 11.8 Å². The van der Waals surface area contributed by atoms with Gasteiger partial charge in [-0.1, -0.05) is 32.0 Å². The van der Waals surface area contributed by atoms with Gasteiger partial charge in [-0.15, -0.1) is 0 Å². The first-order chi connectivity index (χ1) is 7.26. The van der Waals surface area contributed by atoms with E-state index in [9.17, 15) is 0 Å². The molecule has 0 aliphatic carbocycles. The number of hydrogen-bond acceptors (Lipinski definition) is 4. The number of aliphatic imine (C=N–C) groups is 1. The van der Waals surface area contributed by atoms with Gasteiger partial charge in [-0.25, -0.2) is 0 Å². The maximum atomic E-state index is 5.09. The third-order valence-corrected chi connectivity index (χ3v) is 3.60. The predicted octanol–water partition coefficient (Wildman–Crippen LogP) is 2.13. The van der Waals surface area contributed by atoms with Gasteiger partial charge in [0.2, 0.25) is 0 Å². The lowest BCUT2D eigenvalue weighted by atomic mass is 10.2. The molecule has 0 aromatic carbocycles. The second-order valence-electron chi connectivity index (χ2n) is 4.12. The van der Waals surface area contributed by atoms with Crippen LogP contribution < -0.4 is 5.32 Å². The molecule has 3 nitrogen and oxygen atoms in total. The first kappa shape index (κ1) is 12.8. The Morgan fingerprint density at radius 3 is 3.13 bits per heavy atom. The number of thioether (sulfide) groups is 1. The van der Waals surface area contributed by atoms with Gasteiger partial charge in [0.1, 0.15) is 0 Å². The Morgan fingerprint density at radius 1 is 1.67 bits per heavy atom. The van der Waals surface area contributed by atoms with E-state index >= 15 is 0 Å². The molecular formula is C11H22N2OS. The van der Waals surface area contributed by atoms with Crippen molar-refractivity contribution in [2.24, 2.45) is 10.9 Å². The molecule has 0 spiro atoms. The minimum atomic E-state index is 0.545. The van der Waals surface area contributed by atoms with Crippen molar-refractivity contribution in [3.63, 3.8) is 0 Å². The van der Waals surface area contributed by atoms with Crippen molar-refractivity contribution in [3.05, 3.63) is 0 Å². The fourth-order valence-corrected chi connectivity index (χ4v) is 2.73. The summed E-state index contributed by atoms with van der Waals surface area (Å²) in [5, 5.41) is 5.21. The zero-order chi connectivity index (χ0) is 11.1. The number of hydrogen-bond donors (Lipinski definition) is 1. The normalized spacial score (nSPS) is 22.6. The highest BCUT2D eigenvalue weighted by Gasteiger charge is 2.18. The molecule has 88 valence electrons. The molecule has 1 aliphatic heterocycles. The zero-order valence-corrected chi connectivity index (χ0v) is 10.8. The van der Waals surface area contributed by atoms with Crippen LogP contribution in [-0.4, -0.2) is 37.2 Å². The number of methoxy groups -OCH3 is 1. The van der Waals surface area contributed by atoms with Crippen LogP contribution in [0.25, 0.3) is 0 Å². The Morgan fingerprint density at radius 2 is 2.47 bits per heavy atom. The van der Waals surface area contributed by atoms with Crippen LogP contribution in [0.4, 0.5) is 0 Å². The SMILES string of the molecule is CCCC1CN=C(NCC(C)COC)S1.